The van der Waals surface area contributed by atoms with Crippen molar-refractivity contribution < 1.29 is 0 Å². The smallest absolute Gasteiger partial charge is 0.0451 e. The van der Waals surface area contributed by atoms with E-state index in [1.54, 1.807) is 0 Å². The number of hydrogen-bond acceptors (Lipinski definition) is 3. The van der Waals surface area contributed by atoms with Crippen molar-refractivity contribution in [2.75, 3.05) is 27.3 Å². The quantitative estimate of drug-likeness (QED) is 0.354. The third kappa shape index (κ3) is 2.25. The van der Waals surface area contributed by atoms with Gasteiger partial charge in [-0.25, -0.2) is 0 Å². The van der Waals surface area contributed by atoms with E-state index in [1.165, 1.54) is 6.42 Å². The summed E-state index contributed by atoms with van der Waals surface area (Å²) in [5, 5.41) is 9.62. The molecule has 3 heteroatoms. The van der Waals surface area contributed by atoms with Gasteiger partial charge in [-0.3, -0.25) is 0 Å². The topological polar surface area (TPSA) is 36.1 Å². The second-order valence-electron chi connectivity index (χ2n) is 2.88. The molecule has 0 bridgehead atoms. The molecule has 1 aliphatic rings. The highest BCUT2D eigenvalue weighted by atomic mass is 15.1. The molecular weight excluding hydrogens is 126 g/mol. The standard InChI is InChI=1S/C7H17N3/c1-8-5-10-4-6-3-7(6)9-2/h6-10H,3-5H2,1-2H3. The zero-order valence-electron chi connectivity index (χ0n) is 6.78. The molecule has 0 aromatic rings. The molecule has 0 spiro atoms. The van der Waals surface area contributed by atoms with Gasteiger partial charge < -0.3 is 16.0 Å². The van der Waals surface area contributed by atoms with Crippen LogP contribution in [0, 0.1) is 5.92 Å². The lowest BCUT2D eigenvalue weighted by molar-refractivity contribution is 0.577. The monoisotopic (exact) mass is 143 g/mol. The molecule has 0 radical (unpaired) electrons. The van der Waals surface area contributed by atoms with Crippen LogP contribution in [0.25, 0.3) is 0 Å². The Kier molecular flexibility index (Phi) is 3.12. The van der Waals surface area contributed by atoms with Gasteiger partial charge in [-0.15, -0.1) is 0 Å². The third-order valence-electron chi connectivity index (χ3n) is 2.00. The summed E-state index contributed by atoms with van der Waals surface area (Å²) in [4.78, 5) is 0. The van der Waals surface area contributed by atoms with E-state index in [0.717, 1.165) is 25.2 Å². The Morgan fingerprint density at radius 1 is 1.40 bits per heavy atom. The van der Waals surface area contributed by atoms with Crippen molar-refractivity contribution >= 4 is 0 Å². The maximum absolute atomic E-state index is 3.31. The van der Waals surface area contributed by atoms with Crippen LogP contribution in [0.3, 0.4) is 0 Å². The highest BCUT2D eigenvalue weighted by Gasteiger charge is 2.34. The van der Waals surface area contributed by atoms with E-state index in [2.05, 4.69) is 16.0 Å². The Morgan fingerprint density at radius 3 is 2.70 bits per heavy atom. The molecule has 0 heterocycles. The summed E-state index contributed by atoms with van der Waals surface area (Å²) in [6.45, 7) is 2.07. The molecule has 2 unspecified atom stereocenters. The molecule has 0 amide bonds. The average Bonchev–Trinajstić information content (AvgIpc) is 2.68. The molecule has 2 atom stereocenters. The highest BCUT2D eigenvalue weighted by molar-refractivity contribution is 4.92. The molecule has 1 fully saturated rings. The SMILES string of the molecule is CNCNCC1CC1NC. The van der Waals surface area contributed by atoms with Gasteiger partial charge in [-0.05, 0) is 26.4 Å². The minimum absolute atomic E-state index is 0.782. The molecule has 1 aliphatic carbocycles. The van der Waals surface area contributed by atoms with Gasteiger partial charge in [0.1, 0.15) is 0 Å². The maximum Gasteiger partial charge on any atom is 0.0451 e. The van der Waals surface area contributed by atoms with E-state index in [0.29, 0.717) is 0 Å². The molecule has 0 aromatic heterocycles. The fraction of sp³-hybridized carbons (Fsp3) is 1.00. The van der Waals surface area contributed by atoms with E-state index in [9.17, 15) is 0 Å². The summed E-state index contributed by atoms with van der Waals surface area (Å²) < 4.78 is 0. The van der Waals surface area contributed by atoms with E-state index >= 15 is 0 Å². The van der Waals surface area contributed by atoms with Crippen LogP contribution in [0.1, 0.15) is 6.42 Å². The van der Waals surface area contributed by atoms with Gasteiger partial charge in [-0.2, -0.15) is 0 Å². The fourth-order valence-electron chi connectivity index (χ4n) is 1.21. The Labute approximate surface area is 62.6 Å². The first-order valence-electron chi connectivity index (χ1n) is 3.91. The molecule has 1 rings (SSSR count). The van der Waals surface area contributed by atoms with Crippen LogP contribution in [0.15, 0.2) is 0 Å². The second-order valence-corrected chi connectivity index (χ2v) is 2.88. The lowest BCUT2D eigenvalue weighted by atomic mass is 10.4. The Hall–Kier alpha value is -0.120. The van der Waals surface area contributed by atoms with Crippen LogP contribution < -0.4 is 16.0 Å². The van der Waals surface area contributed by atoms with E-state index in [4.69, 9.17) is 0 Å². The zero-order valence-corrected chi connectivity index (χ0v) is 6.78. The van der Waals surface area contributed by atoms with Crippen molar-refractivity contribution in [2.24, 2.45) is 5.92 Å². The summed E-state index contributed by atoms with van der Waals surface area (Å²) in [7, 11) is 3.98. The van der Waals surface area contributed by atoms with Gasteiger partial charge >= 0.3 is 0 Å². The summed E-state index contributed by atoms with van der Waals surface area (Å²) in [6.07, 6.45) is 1.34. The molecular formula is C7H17N3. The Morgan fingerprint density at radius 2 is 2.20 bits per heavy atom. The molecule has 0 saturated heterocycles. The summed E-state index contributed by atoms with van der Waals surface area (Å²) in [5.41, 5.74) is 0. The van der Waals surface area contributed by atoms with Gasteiger partial charge in [0.2, 0.25) is 0 Å². The highest BCUT2D eigenvalue weighted by Crippen LogP contribution is 2.28. The van der Waals surface area contributed by atoms with Crippen molar-refractivity contribution in [1.29, 1.82) is 0 Å². The summed E-state index contributed by atoms with van der Waals surface area (Å²) in [6, 6.07) is 0.782. The van der Waals surface area contributed by atoms with Crippen molar-refractivity contribution in [2.45, 2.75) is 12.5 Å². The predicted molar refractivity (Wildman–Crippen MR) is 42.9 cm³/mol. The first-order chi connectivity index (χ1) is 4.88. The molecule has 3 N–H and O–H groups in total. The van der Waals surface area contributed by atoms with Crippen LogP contribution in [0.2, 0.25) is 0 Å². The zero-order chi connectivity index (χ0) is 7.40. The average molecular weight is 143 g/mol. The predicted octanol–water partition coefficient (Wildman–Crippen LogP) is -0.639. The third-order valence-corrected chi connectivity index (χ3v) is 2.00. The van der Waals surface area contributed by atoms with Gasteiger partial charge in [0, 0.05) is 19.3 Å². The number of hydrogen-bond donors (Lipinski definition) is 3. The first kappa shape index (κ1) is 7.98. The van der Waals surface area contributed by atoms with Gasteiger partial charge in [0.05, 0.1) is 0 Å². The lowest BCUT2D eigenvalue weighted by Gasteiger charge is -2.01. The van der Waals surface area contributed by atoms with Crippen LogP contribution >= 0.6 is 0 Å². The van der Waals surface area contributed by atoms with Crippen molar-refractivity contribution in [3.8, 4) is 0 Å². The Balaban J connectivity index is 1.87. The summed E-state index contributed by atoms with van der Waals surface area (Å²) in [5.74, 6) is 0.873. The first-order valence-corrected chi connectivity index (χ1v) is 3.91. The number of nitrogens with one attached hydrogen (secondary N) is 3. The van der Waals surface area contributed by atoms with Crippen LogP contribution in [0.4, 0.5) is 0 Å². The van der Waals surface area contributed by atoms with Crippen molar-refractivity contribution in [1.82, 2.24) is 16.0 Å². The van der Waals surface area contributed by atoms with Crippen LogP contribution in [-0.4, -0.2) is 33.4 Å². The second kappa shape index (κ2) is 3.91. The molecule has 60 valence electrons. The van der Waals surface area contributed by atoms with Crippen LogP contribution in [-0.2, 0) is 0 Å². The van der Waals surface area contributed by atoms with Gasteiger partial charge in [0.25, 0.3) is 0 Å². The van der Waals surface area contributed by atoms with Crippen LogP contribution in [0.5, 0.6) is 0 Å². The van der Waals surface area contributed by atoms with Crippen molar-refractivity contribution in [3.63, 3.8) is 0 Å². The number of rotatable bonds is 5. The molecule has 1 saturated carbocycles. The maximum atomic E-state index is 3.31. The van der Waals surface area contributed by atoms with E-state index < -0.39 is 0 Å². The van der Waals surface area contributed by atoms with Gasteiger partial charge in [0.15, 0.2) is 0 Å². The molecule has 0 aromatic carbocycles. The van der Waals surface area contributed by atoms with Gasteiger partial charge in [-0.1, -0.05) is 0 Å². The minimum Gasteiger partial charge on any atom is -0.317 e. The normalized spacial score (nSPS) is 30.6. The Bertz CT molecular complexity index is 94.9. The molecule has 0 aliphatic heterocycles. The summed E-state index contributed by atoms with van der Waals surface area (Å²) >= 11 is 0. The van der Waals surface area contributed by atoms with E-state index in [1.807, 2.05) is 14.1 Å². The largest absolute Gasteiger partial charge is 0.317 e. The lowest BCUT2D eigenvalue weighted by Crippen LogP contribution is -2.29. The fourth-order valence-corrected chi connectivity index (χ4v) is 1.21. The van der Waals surface area contributed by atoms with Crippen molar-refractivity contribution in [3.05, 3.63) is 0 Å². The minimum atomic E-state index is 0.782. The molecule has 10 heavy (non-hydrogen) atoms. The van der Waals surface area contributed by atoms with E-state index in [-0.39, 0.29) is 0 Å². The molecule has 3 nitrogen and oxygen atoms in total.